The summed E-state index contributed by atoms with van der Waals surface area (Å²) in [6.07, 6.45) is 2.11. The second-order valence-corrected chi connectivity index (χ2v) is 6.21. The van der Waals surface area contributed by atoms with Crippen LogP contribution in [0.4, 0.5) is 0 Å². The van der Waals surface area contributed by atoms with Gasteiger partial charge < -0.3 is 9.72 Å². The van der Waals surface area contributed by atoms with Crippen molar-refractivity contribution in [3.8, 4) is 5.88 Å². The van der Waals surface area contributed by atoms with E-state index in [2.05, 4.69) is 39.0 Å². The maximum Gasteiger partial charge on any atom is 0.215 e. The Morgan fingerprint density at radius 2 is 2.29 bits per heavy atom. The van der Waals surface area contributed by atoms with Gasteiger partial charge in [0.25, 0.3) is 0 Å². The third kappa shape index (κ3) is 2.61. The van der Waals surface area contributed by atoms with Crippen LogP contribution in [0.1, 0.15) is 30.7 Å². The molecule has 0 fully saturated rings. The summed E-state index contributed by atoms with van der Waals surface area (Å²) in [7, 11) is 1.63. The Kier molecular flexibility index (Phi) is 4.07. The van der Waals surface area contributed by atoms with Crippen molar-refractivity contribution in [2.75, 3.05) is 7.11 Å². The lowest BCUT2D eigenvalue weighted by Crippen LogP contribution is -2.10. The highest BCUT2D eigenvalue weighted by Crippen LogP contribution is 2.31. The van der Waals surface area contributed by atoms with E-state index in [0.29, 0.717) is 10.7 Å². The van der Waals surface area contributed by atoms with Crippen molar-refractivity contribution in [3.05, 3.63) is 39.3 Å². The normalized spacial score (nSPS) is 12.7. The zero-order valence-corrected chi connectivity index (χ0v) is 13.6. The maximum absolute atomic E-state index is 5.53. The van der Waals surface area contributed by atoms with Gasteiger partial charge in [-0.25, -0.2) is 0 Å². The third-order valence-corrected chi connectivity index (χ3v) is 4.76. The number of H-pyrrole nitrogens is 1. The van der Waals surface area contributed by atoms with Crippen LogP contribution in [-0.4, -0.2) is 21.6 Å². The van der Waals surface area contributed by atoms with Crippen molar-refractivity contribution in [3.63, 3.8) is 0 Å². The second kappa shape index (κ2) is 5.99. The van der Waals surface area contributed by atoms with Gasteiger partial charge in [0.1, 0.15) is 0 Å². The molecule has 0 amide bonds. The Balaban J connectivity index is 2.21. The quantitative estimate of drug-likeness (QED) is 0.701. The van der Waals surface area contributed by atoms with Crippen molar-refractivity contribution >= 4 is 34.7 Å². The fraction of sp³-hybridized carbons (Fsp3) is 0.333. The van der Waals surface area contributed by atoms with E-state index in [0.717, 1.165) is 24.0 Å². The molecule has 0 radical (unpaired) electrons. The Morgan fingerprint density at radius 1 is 1.43 bits per heavy atom. The van der Waals surface area contributed by atoms with E-state index in [-0.39, 0.29) is 6.04 Å². The van der Waals surface area contributed by atoms with Crippen LogP contribution in [0, 0.1) is 4.77 Å². The molecule has 0 spiro atoms. The Morgan fingerprint density at radius 3 is 2.95 bits per heavy atom. The molecule has 1 unspecified atom stereocenters. The highest BCUT2D eigenvalue weighted by molar-refractivity contribution is 7.71. The largest absolute Gasteiger partial charge is 0.481 e. The van der Waals surface area contributed by atoms with Crippen molar-refractivity contribution in [1.82, 2.24) is 14.5 Å². The van der Waals surface area contributed by atoms with Crippen molar-refractivity contribution in [2.45, 2.75) is 25.8 Å². The summed E-state index contributed by atoms with van der Waals surface area (Å²) >= 11 is 7.28. The van der Waals surface area contributed by atoms with Gasteiger partial charge in [-0.1, -0.05) is 19.4 Å². The standard InChI is InChI=1S/C15H17N3OS2/c1-3-5-11(12-6-4-9-21-12)18-14-10(16-15(18)20)7-8-13(17-14)19-2/h4,6-9,11H,3,5H2,1-2H3,(H,16,20). The lowest BCUT2D eigenvalue weighted by molar-refractivity contribution is 0.398. The van der Waals surface area contributed by atoms with Gasteiger partial charge in [0.15, 0.2) is 10.4 Å². The smallest absolute Gasteiger partial charge is 0.215 e. The SMILES string of the molecule is CCCC(c1cccs1)n1c(=S)[nH]c2ccc(OC)nc21. The number of thiophene rings is 1. The van der Waals surface area contributed by atoms with Gasteiger partial charge in [-0.3, -0.25) is 4.57 Å². The van der Waals surface area contributed by atoms with Crippen molar-refractivity contribution in [2.24, 2.45) is 0 Å². The van der Waals surface area contributed by atoms with Crippen LogP contribution in [0.3, 0.4) is 0 Å². The van der Waals surface area contributed by atoms with Crippen LogP contribution in [0.2, 0.25) is 0 Å². The molecule has 0 saturated heterocycles. The monoisotopic (exact) mass is 319 g/mol. The molecule has 0 aromatic carbocycles. The molecule has 110 valence electrons. The van der Waals surface area contributed by atoms with Crippen molar-refractivity contribution in [1.29, 1.82) is 0 Å². The molecule has 0 aliphatic heterocycles. The summed E-state index contributed by atoms with van der Waals surface area (Å²) in [6.45, 7) is 2.19. The number of ether oxygens (including phenoxy) is 1. The number of nitrogens with one attached hydrogen (secondary N) is 1. The Labute approximate surface area is 132 Å². The number of nitrogens with zero attached hydrogens (tertiary/aromatic N) is 2. The fourth-order valence-corrected chi connectivity index (χ4v) is 3.72. The molecule has 1 N–H and O–H groups in total. The van der Waals surface area contributed by atoms with E-state index < -0.39 is 0 Å². The number of rotatable bonds is 5. The van der Waals surface area contributed by atoms with Crippen molar-refractivity contribution < 1.29 is 4.74 Å². The molecule has 0 aliphatic rings. The highest BCUT2D eigenvalue weighted by Gasteiger charge is 2.19. The summed E-state index contributed by atoms with van der Waals surface area (Å²) in [5.74, 6) is 0.603. The Hall–Kier alpha value is -1.66. The molecule has 21 heavy (non-hydrogen) atoms. The minimum atomic E-state index is 0.218. The first-order chi connectivity index (χ1) is 10.2. The summed E-state index contributed by atoms with van der Waals surface area (Å²) in [5, 5.41) is 2.10. The van der Waals surface area contributed by atoms with Crippen LogP contribution >= 0.6 is 23.6 Å². The topological polar surface area (TPSA) is 42.8 Å². The van der Waals surface area contributed by atoms with Gasteiger partial charge in [0.05, 0.1) is 18.7 Å². The average molecular weight is 319 g/mol. The zero-order chi connectivity index (χ0) is 14.8. The van der Waals surface area contributed by atoms with Gasteiger partial charge in [-0.2, -0.15) is 4.98 Å². The number of pyridine rings is 1. The summed E-state index contributed by atoms with van der Waals surface area (Å²) < 4.78 is 8.07. The highest BCUT2D eigenvalue weighted by atomic mass is 32.1. The zero-order valence-electron chi connectivity index (χ0n) is 12.0. The van der Waals surface area contributed by atoms with Gasteiger partial charge in [-0.15, -0.1) is 11.3 Å². The first kappa shape index (κ1) is 14.3. The molecule has 0 saturated carbocycles. The molecular weight excluding hydrogens is 302 g/mol. The lowest BCUT2D eigenvalue weighted by Gasteiger charge is -2.17. The van der Waals surface area contributed by atoms with Crippen LogP contribution in [0.5, 0.6) is 5.88 Å². The molecular formula is C15H17N3OS2. The minimum absolute atomic E-state index is 0.218. The predicted molar refractivity (Wildman–Crippen MR) is 88.8 cm³/mol. The molecule has 0 aliphatic carbocycles. The van der Waals surface area contributed by atoms with Gasteiger partial charge in [0, 0.05) is 10.9 Å². The number of hydrogen-bond acceptors (Lipinski definition) is 4. The summed E-state index contributed by atoms with van der Waals surface area (Å²) in [5.41, 5.74) is 1.80. The number of aromatic amines is 1. The first-order valence-electron chi connectivity index (χ1n) is 6.93. The van der Waals surface area contributed by atoms with Gasteiger partial charge in [0.2, 0.25) is 5.88 Å². The van der Waals surface area contributed by atoms with Crippen LogP contribution in [0.15, 0.2) is 29.6 Å². The lowest BCUT2D eigenvalue weighted by atomic mass is 10.1. The van der Waals surface area contributed by atoms with E-state index in [1.165, 1.54) is 4.88 Å². The molecule has 6 heteroatoms. The fourth-order valence-electron chi connectivity index (χ4n) is 2.54. The van der Waals surface area contributed by atoms with E-state index in [9.17, 15) is 0 Å². The van der Waals surface area contributed by atoms with Gasteiger partial charge >= 0.3 is 0 Å². The summed E-state index contributed by atoms with van der Waals surface area (Å²) in [6, 6.07) is 8.26. The van der Waals surface area contributed by atoms with Crippen LogP contribution in [-0.2, 0) is 0 Å². The van der Waals surface area contributed by atoms with E-state index in [1.807, 2.05) is 12.1 Å². The first-order valence-corrected chi connectivity index (χ1v) is 8.22. The molecule has 3 heterocycles. The van der Waals surface area contributed by atoms with Crippen LogP contribution < -0.4 is 4.74 Å². The van der Waals surface area contributed by atoms with E-state index in [1.54, 1.807) is 18.4 Å². The molecule has 3 rings (SSSR count). The number of aromatic nitrogens is 3. The second-order valence-electron chi connectivity index (χ2n) is 4.84. The molecule has 3 aromatic rings. The average Bonchev–Trinajstić information content (AvgIpc) is 3.11. The third-order valence-electron chi connectivity index (χ3n) is 3.49. The molecule has 4 nitrogen and oxygen atoms in total. The molecule has 0 bridgehead atoms. The van der Waals surface area contributed by atoms with E-state index >= 15 is 0 Å². The van der Waals surface area contributed by atoms with Crippen LogP contribution in [0.25, 0.3) is 11.2 Å². The number of methoxy groups -OCH3 is 1. The molecule has 1 atom stereocenters. The number of fused-ring (bicyclic) bond motifs is 1. The molecule has 3 aromatic heterocycles. The van der Waals surface area contributed by atoms with E-state index in [4.69, 9.17) is 17.0 Å². The number of hydrogen-bond donors (Lipinski definition) is 1. The van der Waals surface area contributed by atoms with Gasteiger partial charge in [-0.05, 0) is 36.2 Å². The summed E-state index contributed by atoms with van der Waals surface area (Å²) in [4.78, 5) is 9.12. The maximum atomic E-state index is 5.53. The minimum Gasteiger partial charge on any atom is -0.481 e. The predicted octanol–water partition coefficient (Wildman–Crippen LogP) is 4.55. The Bertz CT molecular complexity index is 789. The number of imidazole rings is 1.